The molecule has 0 bridgehead atoms. The number of anilines is 1. The van der Waals surface area contributed by atoms with Gasteiger partial charge in [0.15, 0.2) is 0 Å². The minimum absolute atomic E-state index is 0.0618. The van der Waals surface area contributed by atoms with E-state index >= 15 is 0 Å². The third-order valence-electron chi connectivity index (χ3n) is 2.22. The molecule has 18 heavy (non-hydrogen) atoms. The highest BCUT2D eigenvalue weighted by molar-refractivity contribution is 7.92. The first-order valence-corrected chi connectivity index (χ1v) is 7.04. The van der Waals surface area contributed by atoms with Crippen molar-refractivity contribution in [2.75, 3.05) is 4.72 Å². The standard InChI is InChI=1S/C10H11ClN4O2S/c1-2-15-7-8(6-13-15)14-18(16,17)9-3-4-12-10(11)5-9/h3-7,14H,2H2,1H3. The van der Waals surface area contributed by atoms with Crippen LogP contribution in [0.1, 0.15) is 6.92 Å². The maximum Gasteiger partial charge on any atom is 0.262 e. The predicted molar refractivity (Wildman–Crippen MR) is 68.0 cm³/mol. The molecular weight excluding hydrogens is 276 g/mol. The quantitative estimate of drug-likeness (QED) is 0.869. The fourth-order valence-electron chi connectivity index (χ4n) is 1.36. The Labute approximate surface area is 110 Å². The molecule has 0 aliphatic rings. The second-order valence-corrected chi connectivity index (χ2v) is 5.57. The van der Waals surface area contributed by atoms with E-state index in [4.69, 9.17) is 11.6 Å². The molecule has 0 aliphatic carbocycles. The Kier molecular flexibility index (Phi) is 3.53. The molecule has 2 aromatic heterocycles. The molecular formula is C10H11ClN4O2S. The molecule has 0 unspecified atom stereocenters. The normalized spacial score (nSPS) is 11.4. The summed E-state index contributed by atoms with van der Waals surface area (Å²) in [6, 6.07) is 2.66. The summed E-state index contributed by atoms with van der Waals surface area (Å²) in [5.41, 5.74) is 0.407. The summed E-state index contributed by atoms with van der Waals surface area (Å²) < 4.78 is 28.1. The molecule has 0 fully saturated rings. The lowest BCUT2D eigenvalue weighted by molar-refractivity contribution is 0.601. The lowest BCUT2D eigenvalue weighted by atomic mass is 10.5. The summed E-state index contributed by atoms with van der Waals surface area (Å²) in [4.78, 5) is 3.80. The first-order valence-electron chi connectivity index (χ1n) is 5.18. The average molecular weight is 287 g/mol. The summed E-state index contributed by atoms with van der Waals surface area (Å²) >= 11 is 5.66. The highest BCUT2D eigenvalue weighted by atomic mass is 35.5. The first-order chi connectivity index (χ1) is 8.51. The van der Waals surface area contributed by atoms with Crippen molar-refractivity contribution < 1.29 is 8.42 Å². The molecule has 0 aliphatic heterocycles. The highest BCUT2D eigenvalue weighted by Crippen LogP contribution is 2.17. The number of hydrogen-bond acceptors (Lipinski definition) is 4. The second-order valence-electron chi connectivity index (χ2n) is 3.50. The van der Waals surface area contributed by atoms with E-state index < -0.39 is 10.0 Å². The van der Waals surface area contributed by atoms with Crippen molar-refractivity contribution in [3.63, 3.8) is 0 Å². The van der Waals surface area contributed by atoms with E-state index in [1.165, 1.54) is 24.5 Å². The number of rotatable bonds is 4. The molecule has 2 heterocycles. The molecule has 1 N–H and O–H groups in total. The van der Waals surface area contributed by atoms with Crippen molar-refractivity contribution in [2.45, 2.75) is 18.4 Å². The molecule has 6 nitrogen and oxygen atoms in total. The summed E-state index contributed by atoms with van der Waals surface area (Å²) in [6.07, 6.45) is 4.40. The zero-order valence-electron chi connectivity index (χ0n) is 9.54. The van der Waals surface area contributed by atoms with Crippen LogP contribution in [0.15, 0.2) is 35.6 Å². The number of nitrogens with zero attached hydrogens (tertiary/aromatic N) is 3. The van der Waals surface area contributed by atoms with Gasteiger partial charge >= 0.3 is 0 Å². The smallest absolute Gasteiger partial charge is 0.262 e. The van der Waals surface area contributed by atoms with Gasteiger partial charge in [-0.1, -0.05) is 11.6 Å². The Hall–Kier alpha value is -1.60. The first kappa shape index (κ1) is 12.8. The van der Waals surface area contributed by atoms with Crippen molar-refractivity contribution >= 4 is 27.3 Å². The van der Waals surface area contributed by atoms with Gasteiger partial charge in [-0.3, -0.25) is 9.40 Å². The molecule has 0 aromatic carbocycles. The Morgan fingerprint density at radius 1 is 1.50 bits per heavy atom. The number of aromatic nitrogens is 3. The lowest BCUT2D eigenvalue weighted by Crippen LogP contribution is -2.12. The number of aryl methyl sites for hydroxylation is 1. The van der Waals surface area contributed by atoms with Gasteiger partial charge in [0.1, 0.15) is 5.15 Å². The van der Waals surface area contributed by atoms with E-state index in [9.17, 15) is 8.42 Å². The molecule has 0 atom stereocenters. The molecule has 0 saturated carbocycles. The molecule has 0 amide bonds. The van der Waals surface area contributed by atoms with Crippen LogP contribution in [-0.2, 0) is 16.6 Å². The topological polar surface area (TPSA) is 76.9 Å². The number of hydrogen-bond donors (Lipinski definition) is 1. The van der Waals surface area contributed by atoms with Crippen molar-refractivity contribution in [3.8, 4) is 0 Å². The maximum absolute atomic E-state index is 12.0. The van der Waals surface area contributed by atoms with Gasteiger partial charge < -0.3 is 0 Å². The molecule has 0 radical (unpaired) electrons. The molecule has 0 spiro atoms. The third-order valence-corrected chi connectivity index (χ3v) is 3.80. The minimum atomic E-state index is -3.66. The maximum atomic E-state index is 12.0. The van der Waals surface area contributed by atoms with E-state index in [0.29, 0.717) is 12.2 Å². The second kappa shape index (κ2) is 4.95. The van der Waals surface area contributed by atoms with E-state index in [0.717, 1.165) is 0 Å². The minimum Gasteiger partial charge on any atom is -0.276 e. The lowest BCUT2D eigenvalue weighted by Gasteiger charge is -2.05. The van der Waals surface area contributed by atoms with Gasteiger partial charge in [0.2, 0.25) is 0 Å². The van der Waals surface area contributed by atoms with Gasteiger partial charge in [-0.15, -0.1) is 0 Å². The molecule has 0 saturated heterocycles. The van der Waals surface area contributed by atoms with Gasteiger partial charge in [0, 0.05) is 18.9 Å². The van der Waals surface area contributed by atoms with Gasteiger partial charge in [-0.2, -0.15) is 5.10 Å². The van der Waals surface area contributed by atoms with Crippen LogP contribution in [0.5, 0.6) is 0 Å². The van der Waals surface area contributed by atoms with Crippen LogP contribution in [0.4, 0.5) is 5.69 Å². The van der Waals surface area contributed by atoms with Crippen LogP contribution in [0, 0.1) is 0 Å². The van der Waals surface area contributed by atoms with Crippen LogP contribution in [-0.4, -0.2) is 23.2 Å². The van der Waals surface area contributed by atoms with Crippen LogP contribution in [0.2, 0.25) is 5.15 Å². The Morgan fingerprint density at radius 3 is 2.89 bits per heavy atom. The number of nitrogens with one attached hydrogen (secondary N) is 1. The van der Waals surface area contributed by atoms with Crippen LogP contribution in [0.25, 0.3) is 0 Å². The van der Waals surface area contributed by atoms with Crippen molar-refractivity contribution in [1.82, 2.24) is 14.8 Å². The predicted octanol–water partition coefficient (Wildman–Crippen LogP) is 1.75. The van der Waals surface area contributed by atoms with E-state index in [2.05, 4.69) is 14.8 Å². The Morgan fingerprint density at radius 2 is 2.28 bits per heavy atom. The monoisotopic (exact) mass is 286 g/mol. The summed E-state index contributed by atoms with van der Waals surface area (Å²) in [6.45, 7) is 2.58. The summed E-state index contributed by atoms with van der Waals surface area (Å²) in [5, 5.41) is 4.11. The van der Waals surface area contributed by atoms with E-state index in [1.54, 1.807) is 10.9 Å². The fourth-order valence-corrected chi connectivity index (χ4v) is 2.63. The van der Waals surface area contributed by atoms with Crippen LogP contribution >= 0.6 is 11.6 Å². The Bertz CT molecular complexity index is 653. The van der Waals surface area contributed by atoms with Crippen LogP contribution in [0.3, 0.4) is 0 Å². The largest absolute Gasteiger partial charge is 0.276 e. The van der Waals surface area contributed by atoms with E-state index in [-0.39, 0.29) is 10.0 Å². The molecule has 96 valence electrons. The fraction of sp³-hybridized carbons (Fsp3) is 0.200. The third kappa shape index (κ3) is 2.80. The van der Waals surface area contributed by atoms with Gasteiger partial charge in [0.05, 0.1) is 16.8 Å². The van der Waals surface area contributed by atoms with Crippen molar-refractivity contribution in [3.05, 3.63) is 35.9 Å². The van der Waals surface area contributed by atoms with Gasteiger partial charge in [-0.25, -0.2) is 13.4 Å². The summed E-state index contributed by atoms with van der Waals surface area (Å²) in [5.74, 6) is 0. The zero-order valence-corrected chi connectivity index (χ0v) is 11.1. The highest BCUT2D eigenvalue weighted by Gasteiger charge is 2.15. The zero-order chi connectivity index (χ0) is 13.2. The molecule has 2 rings (SSSR count). The van der Waals surface area contributed by atoms with Gasteiger partial charge in [-0.05, 0) is 19.1 Å². The summed E-state index contributed by atoms with van der Waals surface area (Å²) in [7, 11) is -3.66. The van der Waals surface area contributed by atoms with Crippen molar-refractivity contribution in [2.24, 2.45) is 0 Å². The number of pyridine rings is 1. The van der Waals surface area contributed by atoms with Gasteiger partial charge in [0.25, 0.3) is 10.0 Å². The SMILES string of the molecule is CCn1cc(NS(=O)(=O)c2ccnc(Cl)c2)cn1. The number of sulfonamides is 1. The number of halogens is 1. The average Bonchev–Trinajstić information content (AvgIpc) is 2.76. The van der Waals surface area contributed by atoms with E-state index in [1.807, 2.05) is 6.92 Å². The molecule has 8 heteroatoms. The Balaban J connectivity index is 2.27. The van der Waals surface area contributed by atoms with Crippen molar-refractivity contribution in [1.29, 1.82) is 0 Å². The molecule has 2 aromatic rings. The van der Waals surface area contributed by atoms with Crippen LogP contribution < -0.4 is 4.72 Å².